The average molecular weight is 249 g/mol. The van der Waals surface area contributed by atoms with Gasteiger partial charge in [0.2, 0.25) is 0 Å². The summed E-state index contributed by atoms with van der Waals surface area (Å²) in [7, 11) is 0. The first kappa shape index (κ1) is 9.48. The van der Waals surface area contributed by atoms with Crippen LogP contribution in [-0.4, -0.2) is 16.1 Å². The maximum Gasteiger partial charge on any atom is 0.173 e. The molecule has 1 aromatic rings. The maximum atomic E-state index is 11.1. The standard InChI is InChI=1S/C7H6BrClN2O/c8-3-5(12)4-1-6(9)11-7(10)2-4/h1-2H,3H2,(H2,10,11). The Morgan fingerprint density at radius 2 is 2.33 bits per heavy atom. The van der Waals surface area contributed by atoms with Crippen molar-refractivity contribution in [1.82, 2.24) is 4.98 Å². The minimum atomic E-state index is -0.0639. The van der Waals surface area contributed by atoms with Crippen molar-refractivity contribution in [1.29, 1.82) is 0 Å². The molecule has 0 aliphatic rings. The van der Waals surface area contributed by atoms with Crippen molar-refractivity contribution in [3.8, 4) is 0 Å². The van der Waals surface area contributed by atoms with Crippen LogP contribution in [0, 0.1) is 0 Å². The number of nitrogens with two attached hydrogens (primary N) is 1. The van der Waals surface area contributed by atoms with Crippen LogP contribution in [-0.2, 0) is 0 Å². The van der Waals surface area contributed by atoms with Gasteiger partial charge in [-0.1, -0.05) is 27.5 Å². The Bertz CT molecular complexity index is 296. The van der Waals surface area contributed by atoms with Crippen molar-refractivity contribution in [2.24, 2.45) is 0 Å². The van der Waals surface area contributed by atoms with Crippen molar-refractivity contribution in [2.75, 3.05) is 11.1 Å². The summed E-state index contributed by atoms with van der Waals surface area (Å²) < 4.78 is 0. The molecule has 0 atom stereocenters. The predicted octanol–water partition coefficient (Wildman–Crippen LogP) is 1.89. The molecule has 12 heavy (non-hydrogen) atoms. The number of anilines is 1. The van der Waals surface area contributed by atoms with Crippen molar-refractivity contribution in [2.45, 2.75) is 0 Å². The van der Waals surface area contributed by atoms with Gasteiger partial charge in [-0.05, 0) is 12.1 Å². The lowest BCUT2D eigenvalue weighted by molar-refractivity contribution is 0.102. The Balaban J connectivity index is 3.08. The predicted molar refractivity (Wildman–Crippen MR) is 51.8 cm³/mol. The molecule has 64 valence electrons. The molecule has 0 unspecified atom stereocenters. The second-order valence-corrected chi connectivity index (χ2v) is 3.11. The zero-order valence-corrected chi connectivity index (χ0v) is 8.39. The quantitative estimate of drug-likeness (QED) is 0.495. The van der Waals surface area contributed by atoms with E-state index >= 15 is 0 Å². The van der Waals surface area contributed by atoms with Crippen molar-refractivity contribution in [3.05, 3.63) is 22.8 Å². The van der Waals surface area contributed by atoms with Gasteiger partial charge in [0.1, 0.15) is 11.0 Å². The number of hydrogen-bond acceptors (Lipinski definition) is 3. The van der Waals surface area contributed by atoms with E-state index in [0.29, 0.717) is 5.56 Å². The van der Waals surface area contributed by atoms with E-state index in [-0.39, 0.29) is 22.1 Å². The van der Waals surface area contributed by atoms with Gasteiger partial charge < -0.3 is 5.73 Å². The maximum absolute atomic E-state index is 11.1. The second-order valence-electron chi connectivity index (χ2n) is 2.16. The van der Waals surface area contributed by atoms with Crippen molar-refractivity contribution in [3.63, 3.8) is 0 Å². The van der Waals surface area contributed by atoms with E-state index in [1.165, 1.54) is 12.1 Å². The normalized spacial score (nSPS) is 9.83. The summed E-state index contributed by atoms with van der Waals surface area (Å²) in [4.78, 5) is 14.9. The van der Waals surface area contributed by atoms with E-state index < -0.39 is 0 Å². The zero-order chi connectivity index (χ0) is 9.14. The number of rotatable bonds is 2. The van der Waals surface area contributed by atoms with Crippen LogP contribution in [0.15, 0.2) is 12.1 Å². The number of hydrogen-bond donors (Lipinski definition) is 1. The van der Waals surface area contributed by atoms with E-state index in [1.807, 2.05) is 0 Å². The minimum Gasteiger partial charge on any atom is -0.384 e. The number of Topliss-reactive ketones (excluding diaryl/α,β-unsaturated/α-hetero) is 1. The third-order valence-electron chi connectivity index (χ3n) is 1.26. The molecule has 0 saturated carbocycles. The number of pyridine rings is 1. The molecule has 5 heteroatoms. The van der Waals surface area contributed by atoms with Gasteiger partial charge in [-0.3, -0.25) is 4.79 Å². The molecule has 0 aliphatic heterocycles. The van der Waals surface area contributed by atoms with Crippen LogP contribution in [0.3, 0.4) is 0 Å². The van der Waals surface area contributed by atoms with E-state index in [4.69, 9.17) is 17.3 Å². The fraction of sp³-hybridized carbons (Fsp3) is 0.143. The summed E-state index contributed by atoms with van der Waals surface area (Å²) >= 11 is 8.64. The topological polar surface area (TPSA) is 56.0 Å². The van der Waals surface area contributed by atoms with Crippen LogP contribution in [0.2, 0.25) is 5.15 Å². The second kappa shape index (κ2) is 3.87. The van der Waals surface area contributed by atoms with Gasteiger partial charge in [0, 0.05) is 5.56 Å². The molecule has 2 N–H and O–H groups in total. The Morgan fingerprint density at radius 1 is 1.67 bits per heavy atom. The Hall–Kier alpha value is -0.610. The first-order chi connectivity index (χ1) is 5.63. The fourth-order valence-corrected chi connectivity index (χ4v) is 1.29. The lowest BCUT2D eigenvalue weighted by Crippen LogP contribution is -2.02. The monoisotopic (exact) mass is 248 g/mol. The highest BCUT2D eigenvalue weighted by atomic mass is 79.9. The number of ketones is 1. The first-order valence-corrected chi connectivity index (χ1v) is 4.65. The summed E-state index contributed by atoms with van der Waals surface area (Å²) in [5, 5.41) is 0.492. The highest BCUT2D eigenvalue weighted by Crippen LogP contribution is 2.13. The van der Waals surface area contributed by atoms with E-state index in [1.54, 1.807) is 0 Å². The largest absolute Gasteiger partial charge is 0.384 e. The van der Waals surface area contributed by atoms with E-state index in [9.17, 15) is 4.79 Å². The molecule has 0 radical (unpaired) electrons. The van der Waals surface area contributed by atoms with Crippen LogP contribution in [0.25, 0.3) is 0 Å². The molecule has 1 heterocycles. The number of alkyl halides is 1. The van der Waals surface area contributed by atoms with Gasteiger partial charge >= 0.3 is 0 Å². The molecule has 0 amide bonds. The summed E-state index contributed by atoms with van der Waals surface area (Å²) in [6.45, 7) is 0. The van der Waals surface area contributed by atoms with Gasteiger partial charge in [-0.15, -0.1) is 0 Å². The molecule has 1 aromatic heterocycles. The van der Waals surface area contributed by atoms with Crippen LogP contribution in [0.1, 0.15) is 10.4 Å². The Kier molecular flexibility index (Phi) is 3.05. The zero-order valence-electron chi connectivity index (χ0n) is 6.05. The lowest BCUT2D eigenvalue weighted by Gasteiger charge is -1.98. The molecule has 0 aliphatic carbocycles. The number of carbonyl (C=O) groups excluding carboxylic acids is 1. The Labute approximate surface area is 83.1 Å². The van der Waals surface area contributed by atoms with Crippen LogP contribution in [0.5, 0.6) is 0 Å². The van der Waals surface area contributed by atoms with Gasteiger partial charge in [-0.2, -0.15) is 0 Å². The van der Waals surface area contributed by atoms with Gasteiger partial charge in [0.05, 0.1) is 5.33 Å². The molecule has 0 saturated heterocycles. The van der Waals surface area contributed by atoms with Crippen LogP contribution >= 0.6 is 27.5 Å². The van der Waals surface area contributed by atoms with Gasteiger partial charge in [0.15, 0.2) is 5.78 Å². The van der Waals surface area contributed by atoms with Gasteiger partial charge in [0.25, 0.3) is 0 Å². The van der Waals surface area contributed by atoms with E-state index in [0.717, 1.165) is 0 Å². The number of aromatic nitrogens is 1. The van der Waals surface area contributed by atoms with E-state index in [2.05, 4.69) is 20.9 Å². The number of halogens is 2. The third kappa shape index (κ3) is 2.19. The van der Waals surface area contributed by atoms with Gasteiger partial charge in [-0.25, -0.2) is 4.98 Å². The van der Waals surface area contributed by atoms with Crippen molar-refractivity contribution < 1.29 is 4.79 Å². The fourth-order valence-electron chi connectivity index (χ4n) is 0.755. The average Bonchev–Trinajstić information content (AvgIpc) is 2.01. The SMILES string of the molecule is Nc1cc(C(=O)CBr)cc(Cl)n1. The summed E-state index contributed by atoms with van der Waals surface area (Å²) in [6.07, 6.45) is 0. The third-order valence-corrected chi connectivity index (χ3v) is 1.96. The molecule has 0 aromatic carbocycles. The van der Waals surface area contributed by atoms with Crippen molar-refractivity contribution >= 4 is 39.1 Å². The first-order valence-electron chi connectivity index (χ1n) is 3.15. The highest BCUT2D eigenvalue weighted by molar-refractivity contribution is 9.09. The molecule has 1 rings (SSSR count). The molecular formula is C7H6BrClN2O. The molecule has 3 nitrogen and oxygen atoms in total. The van der Waals surface area contributed by atoms with Crippen LogP contribution < -0.4 is 5.73 Å². The number of nitrogens with zero attached hydrogens (tertiary/aromatic N) is 1. The smallest absolute Gasteiger partial charge is 0.173 e. The molecule has 0 spiro atoms. The molecule has 0 fully saturated rings. The number of carbonyl (C=O) groups is 1. The lowest BCUT2D eigenvalue weighted by atomic mass is 10.2. The Morgan fingerprint density at radius 3 is 2.83 bits per heavy atom. The number of nitrogen functional groups attached to an aromatic ring is 1. The molecular weight excluding hydrogens is 243 g/mol. The summed E-state index contributed by atoms with van der Waals surface area (Å²) in [5.41, 5.74) is 5.87. The molecule has 0 bridgehead atoms. The van der Waals surface area contributed by atoms with Crippen LogP contribution in [0.4, 0.5) is 5.82 Å². The summed E-state index contributed by atoms with van der Waals surface area (Å²) in [5.74, 6) is 0.192. The summed E-state index contributed by atoms with van der Waals surface area (Å²) in [6, 6.07) is 2.98. The minimum absolute atomic E-state index is 0.0639. The highest BCUT2D eigenvalue weighted by Gasteiger charge is 2.05.